The van der Waals surface area contributed by atoms with E-state index in [0.717, 1.165) is 25.7 Å². The number of ketones is 1. The van der Waals surface area contributed by atoms with Gasteiger partial charge in [-0.3, -0.25) is 14.4 Å². The fourth-order valence-electron chi connectivity index (χ4n) is 2.87. The molecule has 1 heterocycles. The van der Waals surface area contributed by atoms with E-state index in [1.54, 1.807) is 11.9 Å². The molecule has 2 atom stereocenters. The topological polar surface area (TPSA) is 78.5 Å². The Labute approximate surface area is 125 Å². The van der Waals surface area contributed by atoms with Gasteiger partial charge in [-0.05, 0) is 39.2 Å². The Hall–Kier alpha value is -1.43. The Morgan fingerprint density at radius 1 is 1.24 bits per heavy atom. The number of nitrogens with zero attached hydrogens (tertiary/aromatic N) is 1. The van der Waals surface area contributed by atoms with Crippen LogP contribution in [0.15, 0.2) is 0 Å². The standard InChI is InChI=1S/C15H25N3O3/c1-10(19)12(8-11-5-6-11)17-15(21)13-4-3-7-18(13)14(20)9-16-2/h11-13,16H,3-9H2,1-2H3,(H,17,21). The summed E-state index contributed by atoms with van der Waals surface area (Å²) in [7, 11) is 1.71. The van der Waals surface area contributed by atoms with Crippen molar-refractivity contribution in [2.45, 2.75) is 51.1 Å². The first kappa shape index (κ1) is 15.9. The van der Waals surface area contributed by atoms with Crippen LogP contribution in [0, 0.1) is 5.92 Å². The molecule has 0 bridgehead atoms. The number of nitrogens with one attached hydrogen (secondary N) is 2. The molecule has 6 nitrogen and oxygen atoms in total. The molecule has 118 valence electrons. The lowest BCUT2D eigenvalue weighted by molar-refractivity contribution is -0.138. The van der Waals surface area contributed by atoms with Gasteiger partial charge in [0.15, 0.2) is 5.78 Å². The van der Waals surface area contributed by atoms with E-state index in [-0.39, 0.29) is 24.1 Å². The summed E-state index contributed by atoms with van der Waals surface area (Å²) < 4.78 is 0. The predicted molar refractivity (Wildman–Crippen MR) is 78.6 cm³/mol. The van der Waals surface area contributed by atoms with Crippen LogP contribution in [0.3, 0.4) is 0 Å². The number of amides is 2. The van der Waals surface area contributed by atoms with Gasteiger partial charge in [-0.15, -0.1) is 0 Å². The molecular weight excluding hydrogens is 270 g/mol. The van der Waals surface area contributed by atoms with Gasteiger partial charge in [0.2, 0.25) is 11.8 Å². The fraction of sp³-hybridized carbons (Fsp3) is 0.800. The molecule has 1 saturated heterocycles. The number of likely N-dealkylation sites (N-methyl/N-ethyl adjacent to an activating group) is 1. The lowest BCUT2D eigenvalue weighted by Gasteiger charge is -2.26. The van der Waals surface area contributed by atoms with Crippen LogP contribution in [0.25, 0.3) is 0 Å². The van der Waals surface area contributed by atoms with Gasteiger partial charge in [-0.1, -0.05) is 12.8 Å². The smallest absolute Gasteiger partial charge is 0.243 e. The average Bonchev–Trinajstić information content (AvgIpc) is 3.11. The maximum absolute atomic E-state index is 12.4. The Morgan fingerprint density at radius 2 is 1.95 bits per heavy atom. The Kier molecular flexibility index (Phi) is 5.33. The van der Waals surface area contributed by atoms with Gasteiger partial charge in [-0.25, -0.2) is 0 Å². The van der Waals surface area contributed by atoms with E-state index in [9.17, 15) is 14.4 Å². The van der Waals surface area contributed by atoms with Gasteiger partial charge < -0.3 is 15.5 Å². The monoisotopic (exact) mass is 295 g/mol. The van der Waals surface area contributed by atoms with Crippen molar-refractivity contribution in [1.29, 1.82) is 0 Å². The first-order valence-corrected chi connectivity index (χ1v) is 7.77. The molecule has 0 spiro atoms. The molecule has 21 heavy (non-hydrogen) atoms. The van der Waals surface area contributed by atoms with Crippen molar-refractivity contribution in [3.8, 4) is 0 Å². The minimum absolute atomic E-state index is 0.00125. The molecule has 2 unspecified atom stereocenters. The van der Waals surface area contributed by atoms with Crippen molar-refractivity contribution in [3.05, 3.63) is 0 Å². The molecule has 0 aromatic carbocycles. The lowest BCUT2D eigenvalue weighted by Crippen LogP contribution is -2.51. The van der Waals surface area contributed by atoms with Crippen LogP contribution in [-0.2, 0) is 14.4 Å². The highest BCUT2D eigenvalue weighted by Crippen LogP contribution is 2.33. The summed E-state index contributed by atoms with van der Waals surface area (Å²) in [6.45, 7) is 2.37. The third-order valence-electron chi connectivity index (χ3n) is 4.28. The van der Waals surface area contributed by atoms with Gasteiger partial charge in [-0.2, -0.15) is 0 Å². The molecule has 6 heteroatoms. The zero-order chi connectivity index (χ0) is 15.4. The predicted octanol–water partition coefficient (Wildman–Crippen LogP) is 0.0707. The number of carbonyl (C=O) groups excluding carboxylic acids is 3. The molecule has 1 saturated carbocycles. The molecule has 0 aromatic heterocycles. The SMILES string of the molecule is CNCC(=O)N1CCCC1C(=O)NC(CC1CC1)C(C)=O. The number of hydrogen-bond acceptors (Lipinski definition) is 4. The van der Waals surface area contributed by atoms with Gasteiger partial charge in [0.1, 0.15) is 6.04 Å². The molecule has 2 rings (SSSR count). The van der Waals surface area contributed by atoms with Gasteiger partial charge in [0, 0.05) is 6.54 Å². The third kappa shape index (κ3) is 4.27. The van der Waals surface area contributed by atoms with Crippen molar-refractivity contribution in [2.75, 3.05) is 20.1 Å². The zero-order valence-corrected chi connectivity index (χ0v) is 12.9. The molecule has 1 aliphatic heterocycles. The molecular formula is C15H25N3O3. The molecule has 2 amide bonds. The van der Waals surface area contributed by atoms with E-state index in [2.05, 4.69) is 10.6 Å². The number of carbonyl (C=O) groups is 3. The Bertz CT molecular complexity index is 420. The van der Waals surface area contributed by atoms with Crippen molar-refractivity contribution in [1.82, 2.24) is 15.5 Å². The number of likely N-dealkylation sites (tertiary alicyclic amines) is 1. The highest BCUT2D eigenvalue weighted by molar-refractivity contribution is 5.92. The molecule has 2 fully saturated rings. The van der Waals surface area contributed by atoms with Crippen molar-refractivity contribution in [3.63, 3.8) is 0 Å². The summed E-state index contributed by atoms with van der Waals surface area (Å²) in [5.41, 5.74) is 0. The maximum atomic E-state index is 12.4. The highest BCUT2D eigenvalue weighted by atomic mass is 16.2. The third-order valence-corrected chi connectivity index (χ3v) is 4.28. The van der Waals surface area contributed by atoms with Crippen LogP contribution in [0.4, 0.5) is 0 Å². The second kappa shape index (κ2) is 7.02. The largest absolute Gasteiger partial charge is 0.345 e. The molecule has 2 N–H and O–H groups in total. The summed E-state index contributed by atoms with van der Waals surface area (Å²) in [5.74, 6) is 0.334. The second-order valence-corrected chi connectivity index (χ2v) is 6.13. The Balaban J connectivity index is 1.93. The van der Waals surface area contributed by atoms with Crippen molar-refractivity contribution < 1.29 is 14.4 Å². The number of Topliss-reactive ketones (excluding diaryl/α,β-unsaturated/α-hetero) is 1. The van der Waals surface area contributed by atoms with Gasteiger partial charge in [0.25, 0.3) is 0 Å². The molecule has 1 aliphatic carbocycles. The van der Waals surface area contributed by atoms with Crippen molar-refractivity contribution in [2.24, 2.45) is 5.92 Å². The molecule has 0 aromatic rings. The van der Waals surface area contributed by atoms with E-state index in [1.807, 2.05) is 0 Å². The maximum Gasteiger partial charge on any atom is 0.243 e. The molecule has 2 aliphatic rings. The normalized spacial score (nSPS) is 23.0. The first-order valence-electron chi connectivity index (χ1n) is 7.77. The fourth-order valence-corrected chi connectivity index (χ4v) is 2.87. The second-order valence-electron chi connectivity index (χ2n) is 6.13. The summed E-state index contributed by atoms with van der Waals surface area (Å²) in [4.78, 5) is 37.7. The quantitative estimate of drug-likeness (QED) is 0.697. The minimum atomic E-state index is -0.424. The highest BCUT2D eigenvalue weighted by Gasteiger charge is 2.36. The molecule has 0 radical (unpaired) electrons. The average molecular weight is 295 g/mol. The number of hydrogen-bond donors (Lipinski definition) is 2. The van der Waals surface area contributed by atoms with Crippen LogP contribution >= 0.6 is 0 Å². The van der Waals surface area contributed by atoms with Crippen LogP contribution in [-0.4, -0.2) is 54.7 Å². The summed E-state index contributed by atoms with van der Waals surface area (Å²) >= 11 is 0. The summed E-state index contributed by atoms with van der Waals surface area (Å²) in [6.07, 6.45) is 4.54. The lowest BCUT2D eigenvalue weighted by atomic mass is 10.1. The van der Waals surface area contributed by atoms with E-state index in [1.165, 1.54) is 6.92 Å². The van der Waals surface area contributed by atoms with E-state index >= 15 is 0 Å². The zero-order valence-electron chi connectivity index (χ0n) is 12.9. The van der Waals surface area contributed by atoms with E-state index < -0.39 is 12.1 Å². The van der Waals surface area contributed by atoms with Crippen LogP contribution in [0.5, 0.6) is 0 Å². The van der Waals surface area contributed by atoms with E-state index in [4.69, 9.17) is 0 Å². The van der Waals surface area contributed by atoms with Crippen LogP contribution in [0.2, 0.25) is 0 Å². The van der Waals surface area contributed by atoms with Crippen LogP contribution < -0.4 is 10.6 Å². The van der Waals surface area contributed by atoms with Crippen LogP contribution in [0.1, 0.15) is 39.0 Å². The number of rotatable bonds is 7. The van der Waals surface area contributed by atoms with Gasteiger partial charge in [0.05, 0.1) is 12.6 Å². The summed E-state index contributed by atoms with van der Waals surface area (Å²) in [6, 6.07) is -0.821. The van der Waals surface area contributed by atoms with E-state index in [0.29, 0.717) is 18.9 Å². The Morgan fingerprint density at radius 3 is 2.52 bits per heavy atom. The first-order chi connectivity index (χ1) is 10.0. The minimum Gasteiger partial charge on any atom is -0.345 e. The van der Waals surface area contributed by atoms with Crippen molar-refractivity contribution >= 4 is 17.6 Å². The van der Waals surface area contributed by atoms with Gasteiger partial charge >= 0.3 is 0 Å². The summed E-state index contributed by atoms with van der Waals surface area (Å²) in [5, 5.41) is 5.67.